The molecule has 0 radical (unpaired) electrons. The van der Waals surface area contributed by atoms with Crippen molar-refractivity contribution in [1.29, 1.82) is 0 Å². The summed E-state index contributed by atoms with van der Waals surface area (Å²) in [4.78, 5) is 13.6. The van der Waals surface area contributed by atoms with Crippen LogP contribution in [0.25, 0.3) is 0 Å². The molecule has 0 bridgehead atoms. The molecule has 2 heterocycles. The fourth-order valence-corrected chi connectivity index (χ4v) is 4.94. The van der Waals surface area contributed by atoms with Gasteiger partial charge in [-0.15, -0.1) is 11.3 Å². The first kappa shape index (κ1) is 19.4. The van der Waals surface area contributed by atoms with Crippen LogP contribution in [0.3, 0.4) is 0 Å². The summed E-state index contributed by atoms with van der Waals surface area (Å²) >= 11 is 1.65. The van der Waals surface area contributed by atoms with E-state index in [1.54, 1.807) is 29.5 Å². The van der Waals surface area contributed by atoms with Crippen LogP contribution in [0.1, 0.15) is 27.3 Å². The second-order valence-electron chi connectivity index (χ2n) is 6.29. The molecule has 7 heteroatoms. The highest BCUT2D eigenvalue weighted by Gasteiger charge is 2.14. The van der Waals surface area contributed by atoms with Crippen molar-refractivity contribution in [2.45, 2.75) is 18.7 Å². The summed E-state index contributed by atoms with van der Waals surface area (Å²) < 4.78 is 26.3. The van der Waals surface area contributed by atoms with E-state index in [1.807, 2.05) is 52.5 Å². The van der Waals surface area contributed by atoms with Crippen molar-refractivity contribution < 1.29 is 13.2 Å². The van der Waals surface area contributed by atoms with Gasteiger partial charge < -0.3 is 9.88 Å². The molecule has 1 aromatic carbocycles. The number of carbonyl (C=O) groups excluding carboxylic acids is 1. The Morgan fingerprint density at radius 2 is 1.85 bits per heavy atom. The molecule has 0 saturated carbocycles. The number of nitrogens with zero attached hydrogens (tertiary/aromatic N) is 1. The average molecular weight is 403 g/mol. The van der Waals surface area contributed by atoms with Gasteiger partial charge in [0.1, 0.15) is 5.69 Å². The van der Waals surface area contributed by atoms with Gasteiger partial charge in [-0.25, -0.2) is 8.42 Å². The van der Waals surface area contributed by atoms with E-state index < -0.39 is 9.84 Å². The highest BCUT2D eigenvalue weighted by molar-refractivity contribution is 7.90. The van der Waals surface area contributed by atoms with Crippen LogP contribution in [0.5, 0.6) is 0 Å². The van der Waals surface area contributed by atoms with E-state index in [1.165, 1.54) is 4.88 Å². The summed E-state index contributed by atoms with van der Waals surface area (Å²) in [7, 11) is -3.18. The van der Waals surface area contributed by atoms with Gasteiger partial charge in [-0.1, -0.05) is 36.4 Å². The Morgan fingerprint density at radius 1 is 1.04 bits per heavy atom. The van der Waals surface area contributed by atoms with Crippen LogP contribution in [0.2, 0.25) is 0 Å². The Kier molecular flexibility index (Phi) is 6.47. The van der Waals surface area contributed by atoms with E-state index in [0.717, 1.165) is 5.56 Å². The lowest BCUT2D eigenvalue weighted by Gasteiger charge is -2.09. The molecule has 142 valence electrons. The average Bonchev–Trinajstić information content (AvgIpc) is 3.31. The quantitative estimate of drug-likeness (QED) is 0.558. The van der Waals surface area contributed by atoms with E-state index in [4.69, 9.17) is 0 Å². The predicted octanol–water partition coefficient (Wildman–Crippen LogP) is 3.33. The van der Waals surface area contributed by atoms with E-state index in [9.17, 15) is 13.2 Å². The molecular formula is C20H22N2O3S2. The van der Waals surface area contributed by atoms with Crippen molar-refractivity contribution in [2.24, 2.45) is 0 Å². The van der Waals surface area contributed by atoms with Crippen molar-refractivity contribution in [3.8, 4) is 0 Å². The fourth-order valence-electron chi connectivity index (χ4n) is 2.81. The van der Waals surface area contributed by atoms with E-state index in [2.05, 4.69) is 5.32 Å². The maximum absolute atomic E-state index is 12.4. The predicted molar refractivity (Wildman–Crippen MR) is 109 cm³/mol. The number of hydrogen-bond donors (Lipinski definition) is 1. The van der Waals surface area contributed by atoms with Crippen LogP contribution in [0.4, 0.5) is 0 Å². The third kappa shape index (κ3) is 5.80. The number of thiophene rings is 1. The van der Waals surface area contributed by atoms with E-state index in [-0.39, 0.29) is 17.4 Å². The van der Waals surface area contributed by atoms with Gasteiger partial charge in [0.2, 0.25) is 0 Å². The van der Waals surface area contributed by atoms with Gasteiger partial charge in [0, 0.05) is 17.6 Å². The number of nitrogens with one attached hydrogen (secondary N) is 1. The van der Waals surface area contributed by atoms with E-state index in [0.29, 0.717) is 25.2 Å². The van der Waals surface area contributed by atoms with Gasteiger partial charge in [0.25, 0.3) is 5.91 Å². The third-order valence-electron chi connectivity index (χ3n) is 4.12. The van der Waals surface area contributed by atoms with Crippen molar-refractivity contribution >= 4 is 27.1 Å². The summed E-state index contributed by atoms with van der Waals surface area (Å²) in [5, 5.41) is 4.83. The smallest absolute Gasteiger partial charge is 0.267 e. The number of rotatable bonds is 9. The zero-order valence-corrected chi connectivity index (χ0v) is 16.5. The zero-order chi connectivity index (χ0) is 19.1. The van der Waals surface area contributed by atoms with Gasteiger partial charge in [-0.3, -0.25) is 4.79 Å². The molecule has 0 atom stereocenters. The van der Waals surface area contributed by atoms with Crippen LogP contribution in [-0.4, -0.2) is 31.2 Å². The molecule has 0 saturated heterocycles. The van der Waals surface area contributed by atoms with E-state index >= 15 is 0 Å². The van der Waals surface area contributed by atoms with Gasteiger partial charge in [0.15, 0.2) is 9.84 Å². The van der Waals surface area contributed by atoms with Crippen molar-refractivity contribution in [3.63, 3.8) is 0 Å². The second kappa shape index (κ2) is 9.01. The van der Waals surface area contributed by atoms with Gasteiger partial charge >= 0.3 is 0 Å². The lowest BCUT2D eigenvalue weighted by Crippen LogP contribution is -2.28. The molecule has 3 aromatic rings. The van der Waals surface area contributed by atoms with Crippen LogP contribution in [0, 0.1) is 0 Å². The maximum Gasteiger partial charge on any atom is 0.267 e. The highest BCUT2D eigenvalue weighted by atomic mass is 32.2. The Bertz CT molecular complexity index is 962. The third-order valence-corrected chi connectivity index (χ3v) is 6.66. The monoisotopic (exact) mass is 402 g/mol. The molecule has 0 unspecified atom stereocenters. The molecule has 0 spiro atoms. The van der Waals surface area contributed by atoms with Crippen LogP contribution >= 0.6 is 11.3 Å². The Labute approximate surface area is 163 Å². The number of sulfone groups is 1. The normalized spacial score (nSPS) is 11.4. The topological polar surface area (TPSA) is 68.2 Å². The highest BCUT2D eigenvalue weighted by Crippen LogP contribution is 2.13. The van der Waals surface area contributed by atoms with Crippen LogP contribution < -0.4 is 5.32 Å². The standard InChI is InChI=1S/C20H22N2O3S2/c23-20(19-10-4-12-22(19)15-18-9-5-13-26-18)21-11-6-14-27(24,25)16-17-7-2-1-3-8-17/h1-5,7-10,12-13H,6,11,14-16H2,(H,21,23). The molecule has 0 fully saturated rings. The van der Waals surface area contributed by atoms with Crippen molar-refractivity contribution in [2.75, 3.05) is 12.3 Å². The second-order valence-corrected chi connectivity index (χ2v) is 9.50. The summed E-state index contributed by atoms with van der Waals surface area (Å²) in [5.74, 6) is -0.0962. The largest absolute Gasteiger partial charge is 0.351 e. The Morgan fingerprint density at radius 3 is 2.59 bits per heavy atom. The summed E-state index contributed by atoms with van der Waals surface area (Å²) in [5.41, 5.74) is 1.36. The Hall–Kier alpha value is -2.38. The molecule has 3 rings (SSSR count). The number of aromatic nitrogens is 1. The van der Waals surface area contributed by atoms with Crippen LogP contribution in [0.15, 0.2) is 66.2 Å². The minimum atomic E-state index is -3.18. The number of amides is 1. The molecule has 2 aromatic heterocycles. The first-order valence-corrected chi connectivity index (χ1v) is 11.4. The number of hydrogen-bond acceptors (Lipinski definition) is 4. The molecule has 1 amide bonds. The van der Waals surface area contributed by atoms with Gasteiger partial charge in [-0.05, 0) is 35.6 Å². The van der Waals surface area contributed by atoms with Crippen LogP contribution in [-0.2, 0) is 22.1 Å². The number of carbonyl (C=O) groups is 1. The zero-order valence-electron chi connectivity index (χ0n) is 14.9. The first-order chi connectivity index (χ1) is 13.0. The summed E-state index contributed by atoms with van der Waals surface area (Å²) in [6, 6.07) is 16.8. The molecule has 0 aliphatic heterocycles. The summed E-state index contributed by atoms with van der Waals surface area (Å²) in [6.07, 6.45) is 2.27. The lowest BCUT2D eigenvalue weighted by atomic mass is 10.2. The molecule has 0 aliphatic carbocycles. The van der Waals surface area contributed by atoms with Gasteiger partial charge in [-0.2, -0.15) is 0 Å². The Balaban J connectivity index is 1.47. The molecular weight excluding hydrogens is 380 g/mol. The SMILES string of the molecule is O=C(NCCCS(=O)(=O)Cc1ccccc1)c1cccn1Cc1cccs1. The maximum atomic E-state index is 12.4. The fraction of sp³-hybridized carbons (Fsp3) is 0.250. The number of benzene rings is 1. The van der Waals surface area contributed by atoms with Gasteiger partial charge in [0.05, 0.1) is 18.1 Å². The molecule has 1 N–H and O–H groups in total. The lowest BCUT2D eigenvalue weighted by molar-refractivity contribution is 0.0945. The summed E-state index contributed by atoms with van der Waals surface area (Å²) in [6.45, 7) is 0.982. The molecule has 27 heavy (non-hydrogen) atoms. The minimum Gasteiger partial charge on any atom is -0.351 e. The van der Waals surface area contributed by atoms with Crippen molar-refractivity contribution in [3.05, 3.63) is 82.3 Å². The molecule has 0 aliphatic rings. The molecule has 5 nitrogen and oxygen atoms in total. The minimum absolute atomic E-state index is 0.0332. The van der Waals surface area contributed by atoms with Crippen molar-refractivity contribution in [1.82, 2.24) is 9.88 Å². The first-order valence-electron chi connectivity index (χ1n) is 8.73.